The highest BCUT2D eigenvalue weighted by Crippen LogP contribution is 2.23. The number of amides is 1. The standard InChI is InChI=1S/C19H16BrN3O2/c1-11-9-16(15-10-13(20)7-8-17(15)21-11)19(25)23-22-12(2)14-5-3-4-6-18(14)24/h3-10,24H,1-2H3,(H,23,25)/b22-12+. The molecule has 2 aromatic carbocycles. The van der Waals surface area contributed by atoms with Gasteiger partial charge in [0.25, 0.3) is 5.91 Å². The summed E-state index contributed by atoms with van der Waals surface area (Å²) in [6, 6.07) is 14.2. The average Bonchev–Trinajstić information content (AvgIpc) is 2.59. The number of hydrogen-bond donors (Lipinski definition) is 2. The zero-order valence-electron chi connectivity index (χ0n) is 13.7. The van der Waals surface area contributed by atoms with E-state index in [1.54, 1.807) is 37.3 Å². The van der Waals surface area contributed by atoms with Crippen LogP contribution < -0.4 is 5.43 Å². The first-order valence-electron chi connectivity index (χ1n) is 7.65. The molecule has 25 heavy (non-hydrogen) atoms. The first-order valence-corrected chi connectivity index (χ1v) is 8.45. The van der Waals surface area contributed by atoms with Crippen LogP contribution in [0.25, 0.3) is 10.9 Å². The molecule has 0 saturated carbocycles. The number of para-hydroxylation sites is 1. The number of pyridine rings is 1. The van der Waals surface area contributed by atoms with E-state index in [-0.39, 0.29) is 11.7 Å². The lowest BCUT2D eigenvalue weighted by Gasteiger charge is -2.08. The van der Waals surface area contributed by atoms with Gasteiger partial charge in [-0.3, -0.25) is 9.78 Å². The molecule has 0 saturated heterocycles. The summed E-state index contributed by atoms with van der Waals surface area (Å²) >= 11 is 3.42. The number of hydrazone groups is 1. The van der Waals surface area contributed by atoms with Gasteiger partial charge in [0.15, 0.2) is 0 Å². The molecule has 126 valence electrons. The quantitative estimate of drug-likeness (QED) is 0.514. The van der Waals surface area contributed by atoms with Crippen LogP contribution in [0.15, 0.2) is 58.1 Å². The van der Waals surface area contributed by atoms with Crippen LogP contribution in [0.1, 0.15) is 28.5 Å². The van der Waals surface area contributed by atoms with E-state index in [2.05, 4.69) is 31.4 Å². The van der Waals surface area contributed by atoms with Crippen molar-refractivity contribution in [2.45, 2.75) is 13.8 Å². The van der Waals surface area contributed by atoms with E-state index in [1.165, 1.54) is 0 Å². The molecule has 1 heterocycles. The van der Waals surface area contributed by atoms with Crippen molar-refractivity contribution in [2.75, 3.05) is 0 Å². The van der Waals surface area contributed by atoms with Gasteiger partial charge in [-0.05, 0) is 50.2 Å². The van der Waals surface area contributed by atoms with E-state index in [9.17, 15) is 9.90 Å². The van der Waals surface area contributed by atoms with Gasteiger partial charge in [0.1, 0.15) is 5.75 Å². The number of carbonyl (C=O) groups is 1. The number of carbonyl (C=O) groups excluding carboxylic acids is 1. The monoisotopic (exact) mass is 397 g/mol. The highest BCUT2D eigenvalue weighted by Gasteiger charge is 2.13. The maximum absolute atomic E-state index is 12.6. The third-order valence-electron chi connectivity index (χ3n) is 3.76. The van der Waals surface area contributed by atoms with Crippen molar-refractivity contribution in [3.8, 4) is 5.75 Å². The lowest BCUT2D eigenvalue weighted by molar-refractivity contribution is 0.0956. The van der Waals surface area contributed by atoms with E-state index in [0.29, 0.717) is 16.8 Å². The Balaban J connectivity index is 1.94. The van der Waals surface area contributed by atoms with Crippen molar-refractivity contribution in [1.82, 2.24) is 10.4 Å². The first kappa shape index (κ1) is 17.1. The summed E-state index contributed by atoms with van der Waals surface area (Å²) in [6.45, 7) is 3.57. The van der Waals surface area contributed by atoms with Gasteiger partial charge in [-0.2, -0.15) is 5.10 Å². The fourth-order valence-corrected chi connectivity index (χ4v) is 2.91. The third-order valence-corrected chi connectivity index (χ3v) is 4.26. The van der Waals surface area contributed by atoms with E-state index in [0.717, 1.165) is 21.1 Å². The molecule has 5 nitrogen and oxygen atoms in total. The van der Waals surface area contributed by atoms with Gasteiger partial charge in [0, 0.05) is 21.1 Å². The third kappa shape index (κ3) is 3.69. The highest BCUT2D eigenvalue weighted by atomic mass is 79.9. The molecule has 0 radical (unpaired) electrons. The van der Waals surface area contributed by atoms with Gasteiger partial charge in [-0.25, -0.2) is 5.43 Å². The molecule has 0 aliphatic heterocycles. The number of fused-ring (bicyclic) bond motifs is 1. The summed E-state index contributed by atoms with van der Waals surface area (Å²) in [4.78, 5) is 17.1. The largest absolute Gasteiger partial charge is 0.507 e. The molecule has 0 atom stereocenters. The lowest BCUT2D eigenvalue weighted by Crippen LogP contribution is -2.20. The van der Waals surface area contributed by atoms with Crippen molar-refractivity contribution in [2.24, 2.45) is 5.10 Å². The van der Waals surface area contributed by atoms with Crippen LogP contribution in [0.5, 0.6) is 5.75 Å². The smallest absolute Gasteiger partial charge is 0.272 e. The van der Waals surface area contributed by atoms with Crippen LogP contribution in [-0.2, 0) is 0 Å². The number of aromatic hydroxyl groups is 1. The van der Waals surface area contributed by atoms with Gasteiger partial charge in [0.2, 0.25) is 0 Å². The number of hydrogen-bond acceptors (Lipinski definition) is 4. The number of benzene rings is 2. The molecule has 2 N–H and O–H groups in total. The van der Waals surface area contributed by atoms with Gasteiger partial charge in [0.05, 0.1) is 16.8 Å². The fraction of sp³-hybridized carbons (Fsp3) is 0.105. The molecule has 0 spiro atoms. The van der Waals surface area contributed by atoms with Crippen LogP contribution >= 0.6 is 15.9 Å². The lowest BCUT2D eigenvalue weighted by atomic mass is 10.1. The SMILES string of the molecule is C/C(=N\NC(=O)c1cc(C)nc2ccc(Br)cc12)c1ccccc1O. The Labute approximate surface area is 153 Å². The maximum atomic E-state index is 12.6. The molecule has 3 aromatic rings. The summed E-state index contributed by atoms with van der Waals surface area (Å²) in [5.41, 5.74) is 5.64. The van der Waals surface area contributed by atoms with Gasteiger partial charge in [-0.1, -0.05) is 28.1 Å². The molecule has 0 aliphatic carbocycles. The highest BCUT2D eigenvalue weighted by molar-refractivity contribution is 9.10. The van der Waals surface area contributed by atoms with Gasteiger partial charge in [-0.15, -0.1) is 0 Å². The van der Waals surface area contributed by atoms with Crippen LogP contribution in [0, 0.1) is 6.92 Å². The topological polar surface area (TPSA) is 74.6 Å². The molecule has 0 aliphatic rings. The summed E-state index contributed by atoms with van der Waals surface area (Å²) in [7, 11) is 0. The first-order chi connectivity index (χ1) is 12.0. The molecular weight excluding hydrogens is 382 g/mol. The van der Waals surface area contributed by atoms with Crippen molar-refractivity contribution >= 4 is 38.5 Å². The zero-order chi connectivity index (χ0) is 18.0. The molecule has 0 unspecified atom stereocenters. The molecular formula is C19H16BrN3O2. The number of aromatic nitrogens is 1. The Morgan fingerprint density at radius 1 is 1.16 bits per heavy atom. The van der Waals surface area contributed by atoms with Crippen molar-refractivity contribution in [3.05, 3.63) is 69.8 Å². The molecule has 6 heteroatoms. The van der Waals surface area contributed by atoms with Crippen molar-refractivity contribution in [3.63, 3.8) is 0 Å². The number of nitrogens with one attached hydrogen (secondary N) is 1. The number of aryl methyl sites for hydroxylation is 1. The Morgan fingerprint density at radius 2 is 1.92 bits per heavy atom. The minimum absolute atomic E-state index is 0.118. The second-order valence-corrected chi connectivity index (χ2v) is 6.54. The van der Waals surface area contributed by atoms with Crippen LogP contribution in [0.3, 0.4) is 0 Å². The van der Waals surface area contributed by atoms with Crippen molar-refractivity contribution < 1.29 is 9.90 Å². The Kier molecular flexibility index (Phi) is 4.81. The predicted molar refractivity (Wildman–Crippen MR) is 102 cm³/mol. The van der Waals surface area contributed by atoms with E-state index in [4.69, 9.17) is 0 Å². The number of nitrogens with zero attached hydrogens (tertiary/aromatic N) is 2. The second-order valence-electron chi connectivity index (χ2n) is 5.63. The second kappa shape index (κ2) is 7.03. The van der Waals surface area contributed by atoms with Crippen LogP contribution in [0.4, 0.5) is 0 Å². The molecule has 1 aromatic heterocycles. The average molecular weight is 398 g/mol. The normalized spacial score (nSPS) is 11.6. The maximum Gasteiger partial charge on any atom is 0.272 e. The molecule has 0 fully saturated rings. The Morgan fingerprint density at radius 3 is 2.68 bits per heavy atom. The van der Waals surface area contributed by atoms with Crippen LogP contribution in [-0.4, -0.2) is 21.7 Å². The van der Waals surface area contributed by atoms with Gasteiger partial charge < -0.3 is 5.11 Å². The van der Waals surface area contributed by atoms with Gasteiger partial charge >= 0.3 is 0 Å². The fourth-order valence-electron chi connectivity index (χ4n) is 2.55. The summed E-state index contributed by atoms with van der Waals surface area (Å²) < 4.78 is 0.869. The Hall–Kier alpha value is -2.73. The van der Waals surface area contributed by atoms with E-state index >= 15 is 0 Å². The minimum atomic E-state index is -0.330. The summed E-state index contributed by atoms with van der Waals surface area (Å²) in [5, 5.41) is 14.7. The van der Waals surface area contributed by atoms with Crippen molar-refractivity contribution in [1.29, 1.82) is 0 Å². The van der Waals surface area contributed by atoms with E-state index < -0.39 is 0 Å². The van der Waals surface area contributed by atoms with Crippen LogP contribution in [0.2, 0.25) is 0 Å². The number of phenols is 1. The minimum Gasteiger partial charge on any atom is -0.507 e. The molecule has 0 bridgehead atoms. The summed E-state index contributed by atoms with van der Waals surface area (Å²) in [5.74, 6) is -0.212. The predicted octanol–water partition coefficient (Wildman–Crippen LogP) is 4.17. The number of rotatable bonds is 3. The molecule has 3 rings (SSSR count). The number of halogens is 1. The molecule has 1 amide bonds. The number of phenolic OH excluding ortho intramolecular Hbond substituents is 1. The van der Waals surface area contributed by atoms with E-state index in [1.807, 2.05) is 25.1 Å². The Bertz CT molecular complexity index is 999. The summed E-state index contributed by atoms with van der Waals surface area (Å²) in [6.07, 6.45) is 0. The zero-order valence-corrected chi connectivity index (χ0v) is 15.3.